The van der Waals surface area contributed by atoms with E-state index in [9.17, 15) is 0 Å². The second kappa shape index (κ2) is 7.07. The first kappa shape index (κ1) is 13.7. The molecule has 1 aromatic heterocycles. The van der Waals surface area contributed by atoms with Gasteiger partial charge < -0.3 is 10.2 Å². The van der Waals surface area contributed by atoms with Crippen LogP contribution in [-0.4, -0.2) is 25.6 Å². The molecular weight excluding hydrogens is 210 g/mol. The summed E-state index contributed by atoms with van der Waals surface area (Å²) in [4.78, 5) is 6.77. The van der Waals surface area contributed by atoms with Crippen molar-refractivity contribution in [1.29, 1.82) is 0 Å². The number of nitrogens with zero attached hydrogens (tertiary/aromatic N) is 2. The number of hydrogen-bond donors (Lipinski definition) is 1. The monoisotopic (exact) mass is 233 g/mol. The van der Waals surface area contributed by atoms with Crippen molar-refractivity contribution in [3.8, 4) is 0 Å². The summed E-state index contributed by atoms with van der Waals surface area (Å²) in [7, 11) is 4.05. The van der Waals surface area contributed by atoms with E-state index < -0.39 is 0 Å². The number of aromatic nitrogens is 1. The third kappa shape index (κ3) is 4.57. The number of anilines is 1. The van der Waals surface area contributed by atoms with E-state index in [2.05, 4.69) is 41.0 Å². The summed E-state index contributed by atoms with van der Waals surface area (Å²) in [5.41, 5.74) is 2.36. The minimum atomic E-state index is 0.886. The molecule has 0 radical (unpaired) electrons. The van der Waals surface area contributed by atoms with Gasteiger partial charge >= 0.3 is 0 Å². The topological polar surface area (TPSA) is 28.2 Å². The summed E-state index contributed by atoms with van der Waals surface area (Å²) in [6, 6.07) is 4.27. The maximum atomic E-state index is 4.57. The van der Waals surface area contributed by atoms with Gasteiger partial charge in [-0.15, -0.1) is 6.58 Å². The van der Waals surface area contributed by atoms with Crippen LogP contribution in [0.1, 0.15) is 24.1 Å². The molecule has 0 aliphatic carbocycles. The van der Waals surface area contributed by atoms with E-state index in [-0.39, 0.29) is 0 Å². The van der Waals surface area contributed by atoms with Crippen LogP contribution in [0.5, 0.6) is 0 Å². The Bertz CT molecular complexity index is 360. The first-order valence-corrected chi connectivity index (χ1v) is 6.11. The number of unbranched alkanes of at least 4 members (excludes halogenated alkanes) is 1. The minimum Gasteiger partial charge on any atom is -0.360 e. The zero-order valence-corrected chi connectivity index (χ0v) is 11.2. The van der Waals surface area contributed by atoms with Gasteiger partial charge in [0.1, 0.15) is 5.82 Å². The van der Waals surface area contributed by atoms with Crippen LogP contribution in [0.4, 0.5) is 5.82 Å². The molecule has 0 bridgehead atoms. The molecule has 0 unspecified atom stereocenters. The Morgan fingerprint density at radius 1 is 1.47 bits per heavy atom. The molecule has 0 spiro atoms. The highest BCUT2D eigenvalue weighted by atomic mass is 15.2. The largest absolute Gasteiger partial charge is 0.360 e. The Morgan fingerprint density at radius 3 is 2.88 bits per heavy atom. The van der Waals surface area contributed by atoms with Gasteiger partial charge in [0.05, 0.1) is 0 Å². The molecule has 1 aromatic rings. The van der Waals surface area contributed by atoms with Crippen LogP contribution in [0.25, 0.3) is 0 Å². The molecule has 0 saturated carbocycles. The molecule has 3 heteroatoms. The van der Waals surface area contributed by atoms with Gasteiger partial charge in [-0.3, -0.25) is 0 Å². The van der Waals surface area contributed by atoms with E-state index in [0.29, 0.717) is 0 Å². The van der Waals surface area contributed by atoms with Gasteiger partial charge in [0.2, 0.25) is 0 Å². The van der Waals surface area contributed by atoms with Gasteiger partial charge in [-0.2, -0.15) is 0 Å². The average Bonchev–Trinajstić information content (AvgIpc) is 2.29. The fourth-order valence-corrected chi connectivity index (χ4v) is 1.81. The van der Waals surface area contributed by atoms with Crippen LogP contribution in [0.15, 0.2) is 24.8 Å². The van der Waals surface area contributed by atoms with Gasteiger partial charge in [0.15, 0.2) is 0 Å². The lowest BCUT2D eigenvalue weighted by Crippen LogP contribution is -2.20. The van der Waals surface area contributed by atoms with Crippen molar-refractivity contribution in [2.45, 2.75) is 26.3 Å². The summed E-state index contributed by atoms with van der Waals surface area (Å²) in [6.07, 6.45) is 4.14. The molecule has 1 N–H and O–H groups in total. The highest BCUT2D eigenvalue weighted by molar-refractivity contribution is 5.41. The molecule has 94 valence electrons. The first-order chi connectivity index (χ1) is 8.17. The molecular formula is C14H23N3. The van der Waals surface area contributed by atoms with Gasteiger partial charge in [-0.05, 0) is 44.5 Å². The molecule has 0 aromatic carbocycles. The molecule has 0 saturated heterocycles. The molecule has 1 heterocycles. The van der Waals surface area contributed by atoms with Crippen molar-refractivity contribution < 1.29 is 0 Å². The molecule has 1 rings (SSSR count). The van der Waals surface area contributed by atoms with Crippen LogP contribution in [-0.2, 0) is 6.54 Å². The maximum absolute atomic E-state index is 4.57. The molecule has 0 atom stereocenters. The average molecular weight is 233 g/mol. The van der Waals surface area contributed by atoms with Crippen molar-refractivity contribution >= 4 is 5.82 Å². The number of nitrogens with one attached hydrogen (secondary N) is 1. The number of hydrogen-bond acceptors (Lipinski definition) is 3. The first-order valence-electron chi connectivity index (χ1n) is 6.11. The molecule has 0 amide bonds. The van der Waals surface area contributed by atoms with Crippen molar-refractivity contribution in [3.63, 3.8) is 0 Å². The van der Waals surface area contributed by atoms with E-state index in [1.54, 1.807) is 0 Å². The smallest absolute Gasteiger partial charge is 0.128 e. The second-order valence-corrected chi connectivity index (χ2v) is 4.36. The van der Waals surface area contributed by atoms with Crippen molar-refractivity contribution in [1.82, 2.24) is 10.3 Å². The lowest BCUT2D eigenvalue weighted by Gasteiger charge is -2.19. The molecule has 3 nitrogen and oxygen atoms in total. The molecule has 0 aliphatic rings. The Hall–Kier alpha value is -1.35. The Labute approximate surface area is 105 Å². The number of pyridine rings is 1. The molecule has 17 heavy (non-hydrogen) atoms. The summed E-state index contributed by atoms with van der Waals surface area (Å²) in [5.74, 6) is 1.05. The van der Waals surface area contributed by atoms with Gasteiger partial charge in [-0.1, -0.05) is 6.08 Å². The normalized spacial score (nSPS) is 10.3. The quantitative estimate of drug-likeness (QED) is 0.579. The van der Waals surface area contributed by atoms with E-state index in [1.807, 2.05) is 20.0 Å². The predicted molar refractivity (Wildman–Crippen MR) is 74.4 cm³/mol. The van der Waals surface area contributed by atoms with E-state index >= 15 is 0 Å². The summed E-state index contributed by atoms with van der Waals surface area (Å²) >= 11 is 0. The number of allylic oxidation sites excluding steroid dienone is 1. The third-order valence-corrected chi connectivity index (χ3v) is 2.67. The maximum Gasteiger partial charge on any atom is 0.128 e. The SMILES string of the molecule is C=CCCCN(C)c1cc(CNC)cc(C)n1. The highest BCUT2D eigenvalue weighted by Gasteiger charge is 2.04. The third-order valence-electron chi connectivity index (χ3n) is 2.67. The van der Waals surface area contributed by atoms with Gasteiger partial charge in [0.25, 0.3) is 0 Å². The van der Waals surface area contributed by atoms with Crippen molar-refractivity contribution in [2.24, 2.45) is 0 Å². The summed E-state index contributed by atoms with van der Waals surface area (Å²) < 4.78 is 0. The predicted octanol–water partition coefficient (Wildman–Crippen LogP) is 2.51. The van der Waals surface area contributed by atoms with E-state index in [4.69, 9.17) is 0 Å². The van der Waals surface area contributed by atoms with Gasteiger partial charge in [-0.25, -0.2) is 4.98 Å². The highest BCUT2D eigenvalue weighted by Crippen LogP contribution is 2.14. The van der Waals surface area contributed by atoms with Crippen LogP contribution >= 0.6 is 0 Å². The van der Waals surface area contributed by atoms with Crippen LogP contribution in [0, 0.1) is 6.92 Å². The summed E-state index contributed by atoms with van der Waals surface area (Å²) in [6.45, 7) is 7.68. The van der Waals surface area contributed by atoms with Gasteiger partial charge in [0, 0.05) is 25.8 Å². The standard InChI is InChI=1S/C14H23N3/c1-5-6-7-8-17(4)14-10-13(11-15-3)9-12(2)16-14/h5,9-10,15H,1,6-8,11H2,2-4H3. The van der Waals surface area contributed by atoms with Crippen LogP contribution in [0.2, 0.25) is 0 Å². The summed E-state index contributed by atoms with van der Waals surface area (Å²) in [5, 5.41) is 3.17. The lowest BCUT2D eigenvalue weighted by molar-refractivity contribution is 0.781. The van der Waals surface area contributed by atoms with Crippen LogP contribution in [0.3, 0.4) is 0 Å². The Kier molecular flexibility index (Phi) is 5.70. The molecule has 0 fully saturated rings. The Balaban J connectivity index is 2.70. The van der Waals surface area contributed by atoms with Crippen molar-refractivity contribution in [3.05, 3.63) is 36.0 Å². The minimum absolute atomic E-state index is 0.886. The molecule has 0 aliphatic heterocycles. The Morgan fingerprint density at radius 2 is 2.24 bits per heavy atom. The van der Waals surface area contributed by atoms with Crippen molar-refractivity contribution in [2.75, 3.05) is 25.5 Å². The zero-order valence-electron chi connectivity index (χ0n) is 11.2. The fourth-order valence-electron chi connectivity index (χ4n) is 1.81. The van der Waals surface area contributed by atoms with E-state index in [1.165, 1.54) is 5.56 Å². The lowest BCUT2D eigenvalue weighted by atomic mass is 10.2. The second-order valence-electron chi connectivity index (χ2n) is 4.36. The van der Waals surface area contributed by atoms with Crippen LogP contribution < -0.4 is 10.2 Å². The fraction of sp³-hybridized carbons (Fsp3) is 0.500. The zero-order chi connectivity index (χ0) is 12.7. The van der Waals surface area contributed by atoms with E-state index in [0.717, 1.165) is 37.4 Å². The number of aryl methyl sites for hydroxylation is 1. The number of rotatable bonds is 7.